The van der Waals surface area contributed by atoms with Gasteiger partial charge in [-0.3, -0.25) is 0 Å². The zero-order valence-electron chi connectivity index (χ0n) is 13.0. The van der Waals surface area contributed by atoms with E-state index in [-0.39, 0.29) is 0 Å². The van der Waals surface area contributed by atoms with Crippen molar-refractivity contribution >= 4 is 5.82 Å². The molecule has 0 amide bonds. The monoisotopic (exact) mass is 289 g/mol. The molecule has 0 aromatic carbocycles. The van der Waals surface area contributed by atoms with Gasteiger partial charge >= 0.3 is 0 Å². The lowest BCUT2D eigenvalue weighted by molar-refractivity contribution is 0.169. The Hall–Kier alpha value is -1.20. The molecule has 0 radical (unpaired) electrons. The Balaban J connectivity index is 1.55. The first kappa shape index (κ1) is 14.7. The molecule has 2 aliphatic heterocycles. The fraction of sp³-hybridized carbons (Fsp3) is 0.750. The van der Waals surface area contributed by atoms with Crippen molar-refractivity contribution < 1.29 is 0 Å². The molecule has 1 aromatic rings. The van der Waals surface area contributed by atoms with Gasteiger partial charge in [-0.2, -0.15) is 5.10 Å². The summed E-state index contributed by atoms with van der Waals surface area (Å²) < 4.78 is 0. The van der Waals surface area contributed by atoms with E-state index < -0.39 is 0 Å². The molecule has 3 rings (SSSR count). The van der Waals surface area contributed by atoms with Crippen LogP contribution >= 0.6 is 0 Å². The molecule has 21 heavy (non-hydrogen) atoms. The Bertz CT molecular complexity index is 418. The summed E-state index contributed by atoms with van der Waals surface area (Å²) in [6.07, 6.45) is 6.94. The Morgan fingerprint density at radius 3 is 2.95 bits per heavy atom. The Kier molecular flexibility index (Phi) is 5.04. The molecular weight excluding hydrogens is 262 g/mol. The van der Waals surface area contributed by atoms with Crippen LogP contribution in [0.2, 0.25) is 0 Å². The standard InChI is InChI=1S/C16H27N5/c1-20(12-14-6-9-17-10-7-14)15-4-3-11-21(13-15)16-5-2-8-18-19-16/h2,5,8,14-15,17H,3-4,6-7,9-13H2,1H3. The molecule has 2 fully saturated rings. The highest BCUT2D eigenvalue weighted by molar-refractivity contribution is 5.37. The lowest BCUT2D eigenvalue weighted by Crippen LogP contribution is -2.48. The van der Waals surface area contributed by atoms with Crippen molar-refractivity contribution in [2.45, 2.75) is 31.7 Å². The third kappa shape index (κ3) is 3.92. The van der Waals surface area contributed by atoms with Gasteiger partial charge in [0, 0.05) is 31.9 Å². The van der Waals surface area contributed by atoms with Crippen LogP contribution in [0, 0.1) is 5.92 Å². The van der Waals surface area contributed by atoms with Gasteiger partial charge in [-0.05, 0) is 63.9 Å². The van der Waals surface area contributed by atoms with Crippen LogP contribution in [0.5, 0.6) is 0 Å². The number of rotatable bonds is 4. The first-order valence-electron chi connectivity index (χ1n) is 8.26. The lowest BCUT2D eigenvalue weighted by Gasteiger charge is -2.39. The van der Waals surface area contributed by atoms with Crippen LogP contribution in [-0.4, -0.2) is 60.9 Å². The number of piperidine rings is 2. The highest BCUT2D eigenvalue weighted by Crippen LogP contribution is 2.21. The fourth-order valence-corrected chi connectivity index (χ4v) is 3.61. The molecular formula is C16H27N5. The molecule has 2 aliphatic rings. The molecule has 0 aliphatic carbocycles. The van der Waals surface area contributed by atoms with Crippen LogP contribution in [0.15, 0.2) is 18.3 Å². The number of likely N-dealkylation sites (N-methyl/N-ethyl adjacent to an activating group) is 1. The van der Waals surface area contributed by atoms with Gasteiger partial charge in [0.1, 0.15) is 0 Å². The zero-order valence-corrected chi connectivity index (χ0v) is 13.0. The molecule has 2 saturated heterocycles. The second kappa shape index (κ2) is 7.18. The van der Waals surface area contributed by atoms with E-state index in [0.717, 1.165) is 24.8 Å². The topological polar surface area (TPSA) is 44.3 Å². The average molecular weight is 289 g/mol. The number of aromatic nitrogens is 2. The summed E-state index contributed by atoms with van der Waals surface area (Å²) in [6, 6.07) is 4.70. The predicted octanol–water partition coefficient (Wildman–Crippen LogP) is 1.38. The maximum atomic E-state index is 4.26. The molecule has 1 unspecified atom stereocenters. The Morgan fingerprint density at radius 2 is 2.19 bits per heavy atom. The highest BCUT2D eigenvalue weighted by atomic mass is 15.3. The maximum Gasteiger partial charge on any atom is 0.151 e. The molecule has 5 nitrogen and oxygen atoms in total. The second-order valence-electron chi connectivity index (χ2n) is 6.46. The molecule has 116 valence electrons. The van der Waals surface area contributed by atoms with Crippen LogP contribution in [0.3, 0.4) is 0 Å². The van der Waals surface area contributed by atoms with Crippen LogP contribution in [0.1, 0.15) is 25.7 Å². The van der Waals surface area contributed by atoms with E-state index in [0.29, 0.717) is 6.04 Å². The van der Waals surface area contributed by atoms with Crippen molar-refractivity contribution in [1.29, 1.82) is 0 Å². The summed E-state index contributed by atoms with van der Waals surface area (Å²) in [4.78, 5) is 4.97. The van der Waals surface area contributed by atoms with Crippen LogP contribution in [-0.2, 0) is 0 Å². The van der Waals surface area contributed by atoms with Crippen molar-refractivity contribution in [3.8, 4) is 0 Å². The van der Waals surface area contributed by atoms with Gasteiger partial charge in [-0.1, -0.05) is 0 Å². The van der Waals surface area contributed by atoms with E-state index in [9.17, 15) is 0 Å². The van der Waals surface area contributed by atoms with Gasteiger partial charge in [0.05, 0.1) is 0 Å². The minimum atomic E-state index is 0.649. The molecule has 1 N–H and O–H groups in total. The van der Waals surface area contributed by atoms with Gasteiger partial charge in [0.25, 0.3) is 0 Å². The Labute approximate surface area is 127 Å². The average Bonchev–Trinajstić information content (AvgIpc) is 2.57. The van der Waals surface area contributed by atoms with Gasteiger partial charge < -0.3 is 15.1 Å². The molecule has 3 heterocycles. The van der Waals surface area contributed by atoms with E-state index in [2.05, 4.69) is 38.4 Å². The molecule has 1 atom stereocenters. The van der Waals surface area contributed by atoms with Crippen molar-refractivity contribution in [3.05, 3.63) is 18.3 Å². The van der Waals surface area contributed by atoms with Crippen molar-refractivity contribution in [3.63, 3.8) is 0 Å². The normalized spacial score (nSPS) is 24.5. The minimum absolute atomic E-state index is 0.649. The summed E-state index contributed by atoms with van der Waals surface area (Å²) in [5.74, 6) is 1.89. The highest BCUT2D eigenvalue weighted by Gasteiger charge is 2.26. The van der Waals surface area contributed by atoms with E-state index in [4.69, 9.17) is 0 Å². The largest absolute Gasteiger partial charge is 0.354 e. The molecule has 1 aromatic heterocycles. The molecule has 0 bridgehead atoms. The van der Waals surface area contributed by atoms with Gasteiger partial charge in [0.15, 0.2) is 5.82 Å². The van der Waals surface area contributed by atoms with Crippen LogP contribution in [0.4, 0.5) is 5.82 Å². The Morgan fingerprint density at radius 1 is 1.33 bits per heavy atom. The number of hydrogen-bond donors (Lipinski definition) is 1. The summed E-state index contributed by atoms with van der Waals surface area (Å²) in [7, 11) is 2.30. The number of nitrogens with zero attached hydrogens (tertiary/aromatic N) is 4. The van der Waals surface area contributed by atoms with Crippen LogP contribution in [0.25, 0.3) is 0 Å². The second-order valence-corrected chi connectivity index (χ2v) is 6.46. The van der Waals surface area contributed by atoms with E-state index in [1.54, 1.807) is 6.20 Å². The summed E-state index contributed by atoms with van der Waals surface area (Å²) in [5, 5.41) is 11.7. The first-order chi connectivity index (χ1) is 10.3. The number of nitrogens with one attached hydrogen (secondary N) is 1. The summed E-state index contributed by atoms with van der Waals surface area (Å²) >= 11 is 0. The minimum Gasteiger partial charge on any atom is -0.354 e. The van der Waals surface area contributed by atoms with Gasteiger partial charge in [-0.25, -0.2) is 0 Å². The zero-order chi connectivity index (χ0) is 14.5. The van der Waals surface area contributed by atoms with Crippen molar-refractivity contribution in [2.24, 2.45) is 5.92 Å². The van der Waals surface area contributed by atoms with Gasteiger partial charge in [0.2, 0.25) is 0 Å². The van der Waals surface area contributed by atoms with E-state index in [1.165, 1.54) is 45.3 Å². The van der Waals surface area contributed by atoms with Gasteiger partial charge in [-0.15, -0.1) is 5.10 Å². The summed E-state index contributed by atoms with van der Waals surface area (Å²) in [5.41, 5.74) is 0. The van der Waals surface area contributed by atoms with E-state index >= 15 is 0 Å². The van der Waals surface area contributed by atoms with Crippen LogP contribution < -0.4 is 10.2 Å². The van der Waals surface area contributed by atoms with Crippen molar-refractivity contribution in [2.75, 3.05) is 44.7 Å². The maximum absolute atomic E-state index is 4.26. The molecule has 5 heteroatoms. The SMILES string of the molecule is CN(CC1CCNCC1)C1CCCN(c2cccnn2)C1. The summed E-state index contributed by atoms with van der Waals surface area (Å²) in [6.45, 7) is 5.81. The molecule has 0 saturated carbocycles. The quantitative estimate of drug-likeness (QED) is 0.907. The number of anilines is 1. The van der Waals surface area contributed by atoms with E-state index in [1.807, 2.05) is 6.07 Å². The molecule has 0 spiro atoms. The lowest BCUT2D eigenvalue weighted by atomic mass is 9.96. The predicted molar refractivity (Wildman–Crippen MR) is 85.5 cm³/mol. The van der Waals surface area contributed by atoms with Crippen molar-refractivity contribution in [1.82, 2.24) is 20.4 Å². The third-order valence-corrected chi connectivity index (χ3v) is 4.91. The fourth-order valence-electron chi connectivity index (χ4n) is 3.61. The first-order valence-corrected chi connectivity index (χ1v) is 8.26. The third-order valence-electron chi connectivity index (χ3n) is 4.91. The number of hydrogen-bond acceptors (Lipinski definition) is 5. The smallest absolute Gasteiger partial charge is 0.151 e.